The molecule has 5 nitrogen and oxygen atoms in total. The zero-order valence-corrected chi connectivity index (χ0v) is 14.2. The third-order valence-corrected chi connectivity index (χ3v) is 5.92. The summed E-state index contributed by atoms with van der Waals surface area (Å²) in [6.45, 7) is 2.14. The molecule has 0 saturated heterocycles. The van der Waals surface area contributed by atoms with Gasteiger partial charge in [0.15, 0.2) is 11.5 Å². The first kappa shape index (κ1) is 15.5. The van der Waals surface area contributed by atoms with Crippen LogP contribution in [0, 0.1) is 12.8 Å². The normalized spacial score (nSPS) is 17.7. The lowest BCUT2D eigenvalue weighted by Gasteiger charge is -2.19. The quantitative estimate of drug-likeness (QED) is 0.904. The molecule has 0 unspecified atom stereocenters. The maximum atomic E-state index is 12.7. The zero-order chi connectivity index (χ0) is 16.7. The van der Waals surface area contributed by atoms with Gasteiger partial charge in [-0.3, -0.25) is 0 Å². The molecule has 24 heavy (non-hydrogen) atoms. The van der Waals surface area contributed by atoms with Crippen molar-refractivity contribution in [2.75, 3.05) is 6.79 Å². The van der Waals surface area contributed by atoms with Gasteiger partial charge >= 0.3 is 0 Å². The molecule has 1 heterocycles. The molecule has 1 saturated carbocycles. The van der Waals surface area contributed by atoms with Crippen LogP contribution >= 0.6 is 0 Å². The van der Waals surface area contributed by atoms with Crippen molar-refractivity contribution in [3.05, 3.63) is 53.6 Å². The Morgan fingerprint density at radius 1 is 1.04 bits per heavy atom. The van der Waals surface area contributed by atoms with Crippen LogP contribution in [0.1, 0.15) is 30.0 Å². The second-order valence-electron chi connectivity index (χ2n) is 6.36. The zero-order valence-electron chi connectivity index (χ0n) is 13.4. The maximum Gasteiger partial charge on any atom is 0.241 e. The smallest absolute Gasteiger partial charge is 0.241 e. The van der Waals surface area contributed by atoms with E-state index in [9.17, 15) is 8.42 Å². The molecule has 2 aromatic carbocycles. The third-order valence-electron chi connectivity index (χ3n) is 4.46. The van der Waals surface area contributed by atoms with E-state index in [1.165, 1.54) is 0 Å². The molecule has 2 aromatic rings. The number of sulfonamides is 1. The highest BCUT2D eigenvalue weighted by molar-refractivity contribution is 7.89. The SMILES string of the molecule is Cc1ccc(S(=O)(=O)N[C@H](c2ccc3c(c2)OCO3)C2CC2)cc1. The molecular formula is C18H19NO4S. The highest BCUT2D eigenvalue weighted by Gasteiger charge is 2.36. The first-order valence-electron chi connectivity index (χ1n) is 8.01. The first-order valence-corrected chi connectivity index (χ1v) is 9.50. The lowest BCUT2D eigenvalue weighted by atomic mass is 10.0. The topological polar surface area (TPSA) is 64.6 Å². The Morgan fingerprint density at radius 3 is 2.46 bits per heavy atom. The molecule has 4 rings (SSSR count). The minimum Gasteiger partial charge on any atom is -0.454 e. The van der Waals surface area contributed by atoms with Crippen LogP contribution in [-0.2, 0) is 10.0 Å². The highest BCUT2D eigenvalue weighted by atomic mass is 32.2. The molecule has 126 valence electrons. The van der Waals surface area contributed by atoms with E-state index in [2.05, 4.69) is 4.72 Å². The van der Waals surface area contributed by atoms with Gasteiger partial charge in [-0.2, -0.15) is 0 Å². The summed E-state index contributed by atoms with van der Waals surface area (Å²) in [5.41, 5.74) is 1.95. The molecular weight excluding hydrogens is 326 g/mol. The summed E-state index contributed by atoms with van der Waals surface area (Å²) in [6, 6.07) is 12.3. The molecule has 6 heteroatoms. The monoisotopic (exact) mass is 345 g/mol. The second kappa shape index (κ2) is 5.79. The Labute approximate surface area is 141 Å². The van der Waals surface area contributed by atoms with Gasteiger partial charge in [-0.05, 0) is 55.5 Å². The van der Waals surface area contributed by atoms with Gasteiger partial charge in [-0.1, -0.05) is 23.8 Å². The molecule has 0 spiro atoms. The molecule has 2 aliphatic rings. The Balaban J connectivity index is 1.63. The molecule has 0 bridgehead atoms. The average Bonchev–Trinajstić information content (AvgIpc) is 3.30. The lowest BCUT2D eigenvalue weighted by molar-refractivity contribution is 0.174. The van der Waals surface area contributed by atoms with E-state index in [4.69, 9.17) is 9.47 Å². The first-order chi connectivity index (χ1) is 11.5. The predicted molar refractivity (Wildman–Crippen MR) is 89.5 cm³/mol. The largest absolute Gasteiger partial charge is 0.454 e. The van der Waals surface area contributed by atoms with Gasteiger partial charge < -0.3 is 9.47 Å². The summed E-state index contributed by atoms with van der Waals surface area (Å²) in [7, 11) is -3.57. The third kappa shape index (κ3) is 2.99. The number of ether oxygens (including phenoxy) is 2. The van der Waals surface area contributed by atoms with Crippen molar-refractivity contribution < 1.29 is 17.9 Å². The number of aryl methyl sites for hydroxylation is 1. The molecule has 1 aliphatic carbocycles. The molecule has 1 aliphatic heterocycles. The van der Waals surface area contributed by atoms with E-state index in [0.29, 0.717) is 22.3 Å². The van der Waals surface area contributed by atoms with Crippen molar-refractivity contribution in [2.24, 2.45) is 5.92 Å². The van der Waals surface area contributed by atoms with Gasteiger partial charge in [0.1, 0.15) is 0 Å². The second-order valence-corrected chi connectivity index (χ2v) is 8.08. The van der Waals surface area contributed by atoms with E-state index in [-0.39, 0.29) is 12.8 Å². The number of hydrogen-bond donors (Lipinski definition) is 1. The summed E-state index contributed by atoms with van der Waals surface area (Å²) in [6.07, 6.45) is 2.05. The number of hydrogen-bond acceptors (Lipinski definition) is 4. The summed E-state index contributed by atoms with van der Waals surface area (Å²) in [5.74, 6) is 1.70. The van der Waals surface area contributed by atoms with Crippen molar-refractivity contribution in [1.82, 2.24) is 4.72 Å². The van der Waals surface area contributed by atoms with Crippen molar-refractivity contribution in [3.8, 4) is 11.5 Å². The van der Waals surface area contributed by atoms with Crippen LogP contribution in [0.25, 0.3) is 0 Å². The number of benzene rings is 2. The summed E-state index contributed by atoms with van der Waals surface area (Å²) in [5, 5.41) is 0. The van der Waals surface area contributed by atoms with Crippen LogP contribution in [0.15, 0.2) is 47.4 Å². The van der Waals surface area contributed by atoms with Gasteiger partial charge in [0.25, 0.3) is 0 Å². The molecule has 1 atom stereocenters. The maximum absolute atomic E-state index is 12.7. The molecule has 1 N–H and O–H groups in total. The van der Waals surface area contributed by atoms with Crippen molar-refractivity contribution in [1.29, 1.82) is 0 Å². The predicted octanol–water partition coefficient (Wildman–Crippen LogP) is 3.15. The summed E-state index contributed by atoms with van der Waals surface area (Å²) in [4.78, 5) is 0.291. The van der Waals surface area contributed by atoms with Crippen molar-refractivity contribution in [2.45, 2.75) is 30.7 Å². The fourth-order valence-electron chi connectivity index (χ4n) is 2.93. The Bertz CT molecular complexity index is 857. The number of nitrogens with one attached hydrogen (secondary N) is 1. The molecule has 0 amide bonds. The lowest BCUT2D eigenvalue weighted by Crippen LogP contribution is -2.30. The highest BCUT2D eigenvalue weighted by Crippen LogP contribution is 2.44. The minimum absolute atomic E-state index is 0.210. The van der Waals surface area contributed by atoms with Crippen LogP contribution in [0.3, 0.4) is 0 Å². The molecule has 1 fully saturated rings. The van der Waals surface area contributed by atoms with Crippen molar-refractivity contribution >= 4 is 10.0 Å². The van der Waals surface area contributed by atoms with Gasteiger partial charge in [-0.15, -0.1) is 0 Å². The van der Waals surface area contributed by atoms with Gasteiger partial charge in [0.2, 0.25) is 16.8 Å². The average molecular weight is 345 g/mol. The molecule has 0 radical (unpaired) electrons. The van der Waals surface area contributed by atoms with Crippen molar-refractivity contribution in [3.63, 3.8) is 0 Å². The van der Waals surface area contributed by atoms with Crippen LogP contribution in [0.2, 0.25) is 0 Å². The van der Waals surface area contributed by atoms with Crippen LogP contribution < -0.4 is 14.2 Å². The summed E-state index contributed by atoms with van der Waals surface area (Å²) >= 11 is 0. The van der Waals surface area contributed by atoms with E-state index in [0.717, 1.165) is 24.0 Å². The number of rotatable bonds is 5. The molecule has 0 aromatic heterocycles. The van der Waals surface area contributed by atoms with Crippen LogP contribution in [0.4, 0.5) is 0 Å². The summed E-state index contributed by atoms with van der Waals surface area (Å²) < 4.78 is 39.1. The Hall–Kier alpha value is -2.05. The van der Waals surface area contributed by atoms with Gasteiger partial charge in [-0.25, -0.2) is 13.1 Å². The van der Waals surface area contributed by atoms with Crippen LogP contribution in [-0.4, -0.2) is 15.2 Å². The fourth-order valence-corrected chi connectivity index (χ4v) is 4.22. The number of fused-ring (bicyclic) bond motifs is 1. The standard InChI is InChI=1S/C18H19NO4S/c1-12-2-7-15(8-3-12)24(20,21)19-18(13-4-5-13)14-6-9-16-17(10-14)23-11-22-16/h2-3,6-10,13,18-19H,4-5,11H2,1H3/t18-/m0/s1. The Morgan fingerprint density at radius 2 is 1.75 bits per heavy atom. The fraction of sp³-hybridized carbons (Fsp3) is 0.333. The van der Waals surface area contributed by atoms with Crippen LogP contribution in [0.5, 0.6) is 11.5 Å². The van der Waals surface area contributed by atoms with Gasteiger partial charge in [0.05, 0.1) is 4.90 Å². The minimum atomic E-state index is -3.57. The Kier molecular flexibility index (Phi) is 3.73. The van der Waals surface area contributed by atoms with Gasteiger partial charge in [0, 0.05) is 6.04 Å². The van der Waals surface area contributed by atoms with E-state index in [1.807, 2.05) is 25.1 Å². The van der Waals surface area contributed by atoms with E-state index in [1.54, 1.807) is 24.3 Å². The van der Waals surface area contributed by atoms with E-state index >= 15 is 0 Å². The van der Waals surface area contributed by atoms with E-state index < -0.39 is 10.0 Å².